The van der Waals surface area contributed by atoms with Gasteiger partial charge in [-0.25, -0.2) is 0 Å². The van der Waals surface area contributed by atoms with Gasteiger partial charge in [-0.2, -0.15) is 0 Å². The lowest BCUT2D eigenvalue weighted by Crippen LogP contribution is -2.27. The molecule has 2 aromatic carbocycles. The summed E-state index contributed by atoms with van der Waals surface area (Å²) in [6.07, 6.45) is 3.33. The van der Waals surface area contributed by atoms with Crippen molar-refractivity contribution in [3.63, 3.8) is 0 Å². The fraction of sp³-hybridized carbons (Fsp3) is 0.263. The lowest BCUT2D eigenvalue weighted by Gasteiger charge is -2.30. The predicted molar refractivity (Wildman–Crippen MR) is 85.7 cm³/mol. The van der Waals surface area contributed by atoms with Gasteiger partial charge in [-0.15, -0.1) is 0 Å². The van der Waals surface area contributed by atoms with Crippen LogP contribution in [-0.4, -0.2) is 10.8 Å². The Kier molecular flexibility index (Phi) is 2.47. The zero-order valence-corrected chi connectivity index (χ0v) is 12.3. The third-order valence-corrected chi connectivity index (χ3v) is 4.47. The molecule has 0 unspecified atom stereocenters. The maximum atomic E-state index is 12.4. The molecule has 0 radical (unpaired) electrons. The molecule has 104 valence electrons. The van der Waals surface area contributed by atoms with Crippen LogP contribution in [0.2, 0.25) is 0 Å². The number of ketones is 1. The van der Waals surface area contributed by atoms with Gasteiger partial charge in [0.2, 0.25) is 0 Å². The standard InChI is InChI=1S/C19H17NO/c1-19(2)9-15-14-8-7-12-5-3-4-6-13(12)18(14)20-11-16(15)17(21)10-19/h3-8,11H,9-10H2,1-2H3. The van der Waals surface area contributed by atoms with Crippen molar-refractivity contribution in [1.82, 2.24) is 4.98 Å². The van der Waals surface area contributed by atoms with Crippen LogP contribution in [0.3, 0.4) is 0 Å². The molecule has 0 saturated carbocycles. The SMILES string of the molecule is CC1(C)CC(=O)c2cnc3c(ccc4ccccc43)c2C1. The highest BCUT2D eigenvalue weighted by Gasteiger charge is 2.32. The highest BCUT2D eigenvalue weighted by atomic mass is 16.1. The normalized spacial score (nSPS) is 17.1. The zero-order chi connectivity index (χ0) is 14.6. The van der Waals surface area contributed by atoms with Gasteiger partial charge in [-0.05, 0) is 22.8 Å². The second kappa shape index (κ2) is 4.14. The summed E-state index contributed by atoms with van der Waals surface area (Å²) in [5.74, 6) is 0.226. The molecule has 4 rings (SSSR count). The number of aromatic nitrogens is 1. The highest BCUT2D eigenvalue weighted by molar-refractivity contribution is 6.10. The van der Waals surface area contributed by atoms with Gasteiger partial charge < -0.3 is 0 Å². The van der Waals surface area contributed by atoms with E-state index in [4.69, 9.17) is 0 Å². The Balaban J connectivity index is 2.10. The Hall–Kier alpha value is -2.22. The first kappa shape index (κ1) is 12.5. The van der Waals surface area contributed by atoms with E-state index in [1.165, 1.54) is 10.9 Å². The van der Waals surface area contributed by atoms with E-state index >= 15 is 0 Å². The fourth-order valence-electron chi connectivity index (χ4n) is 3.49. The van der Waals surface area contributed by atoms with Crippen molar-refractivity contribution >= 4 is 27.5 Å². The number of hydrogen-bond donors (Lipinski definition) is 0. The number of nitrogens with zero attached hydrogens (tertiary/aromatic N) is 1. The van der Waals surface area contributed by atoms with Gasteiger partial charge in [0.05, 0.1) is 5.52 Å². The molecule has 3 aromatic rings. The number of rotatable bonds is 0. The number of benzene rings is 2. The van der Waals surface area contributed by atoms with Crippen LogP contribution in [0.5, 0.6) is 0 Å². The minimum Gasteiger partial charge on any atom is -0.294 e. The van der Waals surface area contributed by atoms with E-state index in [9.17, 15) is 4.79 Å². The van der Waals surface area contributed by atoms with Gasteiger partial charge in [0.1, 0.15) is 0 Å². The second-order valence-electron chi connectivity index (χ2n) is 6.77. The molecule has 0 amide bonds. The Bertz CT molecular complexity index is 893. The molecule has 0 bridgehead atoms. The molecular weight excluding hydrogens is 258 g/mol. The van der Waals surface area contributed by atoms with Crippen molar-refractivity contribution in [3.8, 4) is 0 Å². The van der Waals surface area contributed by atoms with Crippen LogP contribution < -0.4 is 0 Å². The average molecular weight is 275 g/mol. The first-order valence-corrected chi connectivity index (χ1v) is 7.38. The monoisotopic (exact) mass is 275 g/mol. The van der Waals surface area contributed by atoms with Gasteiger partial charge in [0.15, 0.2) is 5.78 Å². The van der Waals surface area contributed by atoms with Crippen molar-refractivity contribution in [2.45, 2.75) is 26.7 Å². The van der Waals surface area contributed by atoms with Crippen molar-refractivity contribution in [1.29, 1.82) is 0 Å². The van der Waals surface area contributed by atoms with Crippen molar-refractivity contribution in [2.24, 2.45) is 5.41 Å². The molecule has 1 aromatic heterocycles. The third-order valence-electron chi connectivity index (χ3n) is 4.47. The average Bonchev–Trinajstić information content (AvgIpc) is 2.45. The number of Topliss-reactive ketones (excluding diaryl/α,β-unsaturated/α-hetero) is 1. The molecule has 1 aliphatic carbocycles. The van der Waals surface area contributed by atoms with E-state index in [1.54, 1.807) is 6.20 Å². The predicted octanol–water partition coefficient (Wildman–Crippen LogP) is 4.54. The molecule has 0 atom stereocenters. The first-order chi connectivity index (χ1) is 10.1. The van der Waals surface area contributed by atoms with Gasteiger partial charge in [0, 0.05) is 29.0 Å². The fourth-order valence-corrected chi connectivity index (χ4v) is 3.49. The summed E-state index contributed by atoms with van der Waals surface area (Å²) in [7, 11) is 0. The van der Waals surface area contributed by atoms with Gasteiger partial charge in [-0.1, -0.05) is 50.2 Å². The Labute approximate surface area is 123 Å². The molecule has 0 saturated heterocycles. The van der Waals surface area contributed by atoms with Crippen LogP contribution in [0.4, 0.5) is 0 Å². The topological polar surface area (TPSA) is 30.0 Å². The van der Waals surface area contributed by atoms with E-state index in [2.05, 4.69) is 43.1 Å². The van der Waals surface area contributed by atoms with Crippen LogP contribution in [0.25, 0.3) is 21.7 Å². The number of fused-ring (bicyclic) bond motifs is 5. The molecule has 1 heterocycles. The molecule has 2 nitrogen and oxygen atoms in total. The highest BCUT2D eigenvalue weighted by Crippen LogP contribution is 2.38. The summed E-state index contributed by atoms with van der Waals surface area (Å²) in [6, 6.07) is 12.5. The Morgan fingerprint density at radius 3 is 2.67 bits per heavy atom. The molecule has 0 N–H and O–H groups in total. The summed E-state index contributed by atoms with van der Waals surface area (Å²) in [5.41, 5.74) is 3.03. The molecule has 21 heavy (non-hydrogen) atoms. The largest absolute Gasteiger partial charge is 0.294 e. The second-order valence-corrected chi connectivity index (χ2v) is 6.77. The lowest BCUT2D eigenvalue weighted by molar-refractivity contribution is 0.0912. The van der Waals surface area contributed by atoms with E-state index in [1.807, 2.05) is 12.1 Å². The third kappa shape index (κ3) is 1.86. The zero-order valence-electron chi connectivity index (χ0n) is 12.3. The number of carbonyl (C=O) groups excluding carboxylic acids is 1. The molecule has 0 fully saturated rings. The summed E-state index contributed by atoms with van der Waals surface area (Å²) < 4.78 is 0. The summed E-state index contributed by atoms with van der Waals surface area (Å²) in [6.45, 7) is 4.34. The van der Waals surface area contributed by atoms with Crippen molar-refractivity contribution < 1.29 is 4.79 Å². The van der Waals surface area contributed by atoms with E-state index in [0.29, 0.717) is 6.42 Å². The van der Waals surface area contributed by atoms with Crippen LogP contribution in [0.15, 0.2) is 42.6 Å². The van der Waals surface area contributed by atoms with Gasteiger partial charge >= 0.3 is 0 Å². The molecule has 1 aliphatic rings. The molecular formula is C19H17NO. The molecule has 2 heteroatoms. The van der Waals surface area contributed by atoms with Gasteiger partial charge in [0.25, 0.3) is 0 Å². The smallest absolute Gasteiger partial charge is 0.165 e. The lowest BCUT2D eigenvalue weighted by atomic mass is 9.73. The van der Waals surface area contributed by atoms with E-state index in [0.717, 1.165) is 28.3 Å². The maximum Gasteiger partial charge on any atom is 0.165 e. The molecule has 0 aliphatic heterocycles. The first-order valence-electron chi connectivity index (χ1n) is 7.38. The van der Waals surface area contributed by atoms with Crippen molar-refractivity contribution in [3.05, 3.63) is 53.7 Å². The Morgan fingerprint density at radius 2 is 1.81 bits per heavy atom. The number of carbonyl (C=O) groups is 1. The van der Waals surface area contributed by atoms with Crippen molar-refractivity contribution in [2.75, 3.05) is 0 Å². The van der Waals surface area contributed by atoms with Crippen LogP contribution >= 0.6 is 0 Å². The number of hydrogen-bond acceptors (Lipinski definition) is 2. The van der Waals surface area contributed by atoms with E-state index in [-0.39, 0.29) is 11.2 Å². The minimum atomic E-state index is 0.0318. The minimum absolute atomic E-state index is 0.0318. The summed E-state index contributed by atoms with van der Waals surface area (Å²) in [4.78, 5) is 17.0. The quantitative estimate of drug-likeness (QED) is 0.564. The maximum absolute atomic E-state index is 12.4. The summed E-state index contributed by atoms with van der Waals surface area (Å²) >= 11 is 0. The number of pyridine rings is 1. The van der Waals surface area contributed by atoms with E-state index < -0.39 is 0 Å². The van der Waals surface area contributed by atoms with Crippen LogP contribution in [0.1, 0.15) is 36.2 Å². The van der Waals surface area contributed by atoms with Crippen LogP contribution in [-0.2, 0) is 6.42 Å². The van der Waals surface area contributed by atoms with Gasteiger partial charge in [-0.3, -0.25) is 9.78 Å². The Morgan fingerprint density at radius 1 is 1.00 bits per heavy atom. The van der Waals surface area contributed by atoms with Crippen LogP contribution in [0, 0.1) is 5.41 Å². The summed E-state index contributed by atoms with van der Waals surface area (Å²) in [5, 5.41) is 3.49. The molecule has 0 spiro atoms.